The normalized spacial score (nSPS) is 13.2. The van der Waals surface area contributed by atoms with Gasteiger partial charge in [-0.1, -0.05) is 20.8 Å². The van der Waals surface area contributed by atoms with E-state index in [4.69, 9.17) is 0 Å². The summed E-state index contributed by atoms with van der Waals surface area (Å²) in [6, 6.07) is 2.91. The maximum Gasteiger partial charge on any atom is 0.251 e. The highest BCUT2D eigenvalue weighted by Gasteiger charge is 2.22. The Bertz CT molecular complexity index is 441. The van der Waals surface area contributed by atoms with E-state index in [1.165, 1.54) is 6.07 Å². The second-order valence-electron chi connectivity index (χ2n) is 5.22. The molecular weight excluding hydrogens is 240 g/mol. The van der Waals surface area contributed by atoms with Gasteiger partial charge in [0.15, 0.2) is 11.6 Å². The molecule has 3 nitrogen and oxygen atoms in total. The molecule has 0 saturated carbocycles. The number of benzene rings is 1. The van der Waals surface area contributed by atoms with Gasteiger partial charge in [-0.2, -0.15) is 0 Å². The van der Waals surface area contributed by atoms with E-state index in [9.17, 15) is 18.7 Å². The van der Waals surface area contributed by atoms with Crippen LogP contribution >= 0.6 is 0 Å². The van der Waals surface area contributed by atoms with Crippen molar-refractivity contribution in [2.45, 2.75) is 26.9 Å². The third kappa shape index (κ3) is 3.77. The van der Waals surface area contributed by atoms with Crippen molar-refractivity contribution < 1.29 is 18.7 Å². The highest BCUT2D eigenvalue weighted by molar-refractivity contribution is 5.94. The van der Waals surface area contributed by atoms with Gasteiger partial charge in [0.05, 0.1) is 6.10 Å². The molecule has 0 aliphatic rings. The van der Waals surface area contributed by atoms with E-state index in [1.807, 2.05) is 20.8 Å². The molecule has 0 aliphatic carbocycles. The van der Waals surface area contributed by atoms with E-state index in [0.717, 1.165) is 12.1 Å². The fourth-order valence-electron chi connectivity index (χ4n) is 1.23. The second kappa shape index (κ2) is 5.44. The SMILES string of the molecule is CC(C)(C)C(O)CNC(=O)c1ccc(F)c(F)c1. The topological polar surface area (TPSA) is 49.3 Å². The van der Waals surface area contributed by atoms with Crippen LogP contribution in [-0.2, 0) is 0 Å². The summed E-state index contributed by atoms with van der Waals surface area (Å²) in [7, 11) is 0. The van der Waals surface area contributed by atoms with Gasteiger partial charge in [0.25, 0.3) is 5.91 Å². The minimum atomic E-state index is -1.07. The fraction of sp³-hybridized carbons (Fsp3) is 0.462. The van der Waals surface area contributed by atoms with Gasteiger partial charge in [-0.15, -0.1) is 0 Å². The quantitative estimate of drug-likeness (QED) is 0.871. The first-order valence-corrected chi connectivity index (χ1v) is 5.63. The Morgan fingerprint density at radius 2 is 1.94 bits per heavy atom. The molecule has 1 atom stereocenters. The lowest BCUT2D eigenvalue weighted by Crippen LogP contribution is -2.39. The van der Waals surface area contributed by atoms with Crippen LogP contribution in [0.15, 0.2) is 18.2 Å². The molecule has 18 heavy (non-hydrogen) atoms. The van der Waals surface area contributed by atoms with Gasteiger partial charge in [0, 0.05) is 12.1 Å². The first-order valence-electron chi connectivity index (χ1n) is 5.63. The number of hydrogen-bond donors (Lipinski definition) is 2. The number of rotatable bonds is 3. The maximum atomic E-state index is 12.9. The molecule has 1 aromatic rings. The lowest BCUT2D eigenvalue weighted by Gasteiger charge is -2.25. The summed E-state index contributed by atoms with van der Waals surface area (Å²) in [6.07, 6.45) is -0.716. The van der Waals surface area contributed by atoms with E-state index < -0.39 is 23.6 Å². The van der Waals surface area contributed by atoms with Crippen molar-refractivity contribution in [3.8, 4) is 0 Å². The van der Waals surface area contributed by atoms with Crippen molar-refractivity contribution in [1.82, 2.24) is 5.32 Å². The Morgan fingerprint density at radius 3 is 2.44 bits per heavy atom. The highest BCUT2D eigenvalue weighted by atomic mass is 19.2. The first-order chi connectivity index (χ1) is 8.21. The minimum absolute atomic E-state index is 0.0232. The van der Waals surface area contributed by atoms with Gasteiger partial charge in [0.2, 0.25) is 0 Å². The zero-order valence-corrected chi connectivity index (χ0v) is 10.6. The summed E-state index contributed by atoms with van der Waals surface area (Å²) in [5.74, 6) is -2.61. The van der Waals surface area contributed by atoms with Crippen molar-refractivity contribution >= 4 is 5.91 Å². The number of aliphatic hydroxyl groups excluding tert-OH is 1. The molecule has 0 radical (unpaired) electrons. The molecular formula is C13H17F2NO2. The van der Waals surface area contributed by atoms with Gasteiger partial charge >= 0.3 is 0 Å². The third-order valence-corrected chi connectivity index (χ3v) is 2.64. The Balaban J connectivity index is 2.63. The molecule has 1 aromatic carbocycles. The van der Waals surface area contributed by atoms with Crippen LogP contribution < -0.4 is 5.32 Å². The second-order valence-corrected chi connectivity index (χ2v) is 5.22. The smallest absolute Gasteiger partial charge is 0.251 e. The summed E-state index contributed by atoms with van der Waals surface area (Å²) >= 11 is 0. The van der Waals surface area contributed by atoms with E-state index in [1.54, 1.807) is 0 Å². The summed E-state index contributed by atoms with van der Waals surface area (Å²) in [5.41, 5.74) is -0.337. The molecule has 0 saturated heterocycles. The zero-order valence-electron chi connectivity index (χ0n) is 10.6. The Hall–Kier alpha value is -1.49. The molecule has 0 aromatic heterocycles. The Labute approximate surface area is 105 Å². The van der Waals surface area contributed by atoms with Crippen LogP contribution in [-0.4, -0.2) is 23.7 Å². The molecule has 5 heteroatoms. The molecule has 0 aliphatic heterocycles. The van der Waals surface area contributed by atoms with Crippen LogP contribution in [0.4, 0.5) is 8.78 Å². The van der Waals surface area contributed by atoms with E-state index >= 15 is 0 Å². The molecule has 1 unspecified atom stereocenters. The van der Waals surface area contributed by atoms with Crippen LogP contribution in [0.1, 0.15) is 31.1 Å². The van der Waals surface area contributed by atoms with Crippen molar-refractivity contribution in [1.29, 1.82) is 0 Å². The standard InChI is InChI=1S/C13H17F2NO2/c1-13(2,3)11(17)7-16-12(18)8-4-5-9(14)10(15)6-8/h4-6,11,17H,7H2,1-3H3,(H,16,18). The fourth-order valence-corrected chi connectivity index (χ4v) is 1.23. The molecule has 1 amide bonds. The molecule has 0 bridgehead atoms. The summed E-state index contributed by atoms with van der Waals surface area (Å²) in [5, 5.41) is 12.2. The van der Waals surface area contributed by atoms with Crippen molar-refractivity contribution in [3.05, 3.63) is 35.4 Å². The van der Waals surface area contributed by atoms with Crippen LogP contribution in [0.5, 0.6) is 0 Å². The number of nitrogens with one attached hydrogen (secondary N) is 1. The average Bonchev–Trinajstić information content (AvgIpc) is 2.27. The van der Waals surface area contributed by atoms with Crippen molar-refractivity contribution in [2.75, 3.05) is 6.54 Å². The molecule has 2 N–H and O–H groups in total. The van der Waals surface area contributed by atoms with Crippen molar-refractivity contribution in [2.24, 2.45) is 5.41 Å². The zero-order chi connectivity index (χ0) is 13.9. The van der Waals surface area contributed by atoms with Gasteiger partial charge in [-0.05, 0) is 23.6 Å². The summed E-state index contributed by atoms with van der Waals surface area (Å²) in [4.78, 5) is 11.6. The lowest BCUT2D eigenvalue weighted by molar-refractivity contribution is 0.0586. The monoisotopic (exact) mass is 257 g/mol. The summed E-state index contributed by atoms with van der Waals surface area (Å²) in [6.45, 7) is 5.56. The van der Waals surface area contributed by atoms with Gasteiger partial charge < -0.3 is 10.4 Å². The number of halogens is 2. The Kier molecular flexibility index (Phi) is 4.40. The molecule has 100 valence electrons. The van der Waals surface area contributed by atoms with E-state index in [2.05, 4.69) is 5.32 Å². The van der Waals surface area contributed by atoms with Crippen LogP contribution in [0.2, 0.25) is 0 Å². The van der Waals surface area contributed by atoms with Crippen LogP contribution in [0.25, 0.3) is 0 Å². The molecule has 0 fully saturated rings. The van der Waals surface area contributed by atoms with Crippen LogP contribution in [0.3, 0.4) is 0 Å². The minimum Gasteiger partial charge on any atom is -0.391 e. The highest BCUT2D eigenvalue weighted by Crippen LogP contribution is 2.18. The van der Waals surface area contributed by atoms with Crippen molar-refractivity contribution in [3.63, 3.8) is 0 Å². The average molecular weight is 257 g/mol. The number of hydrogen-bond acceptors (Lipinski definition) is 2. The number of aliphatic hydroxyl groups is 1. The predicted molar refractivity (Wildman–Crippen MR) is 64.2 cm³/mol. The maximum absolute atomic E-state index is 12.9. The Morgan fingerprint density at radius 1 is 1.33 bits per heavy atom. The van der Waals surface area contributed by atoms with Crippen LogP contribution in [0, 0.1) is 17.0 Å². The molecule has 0 heterocycles. The van der Waals surface area contributed by atoms with Gasteiger partial charge in [-0.3, -0.25) is 4.79 Å². The number of carbonyl (C=O) groups excluding carboxylic acids is 1. The van der Waals surface area contributed by atoms with Gasteiger partial charge in [0.1, 0.15) is 0 Å². The lowest BCUT2D eigenvalue weighted by atomic mass is 9.89. The number of carbonyl (C=O) groups is 1. The van der Waals surface area contributed by atoms with E-state index in [-0.39, 0.29) is 17.5 Å². The predicted octanol–water partition coefficient (Wildman–Crippen LogP) is 2.10. The molecule has 0 spiro atoms. The third-order valence-electron chi connectivity index (χ3n) is 2.64. The first kappa shape index (κ1) is 14.6. The summed E-state index contributed by atoms with van der Waals surface area (Å²) < 4.78 is 25.6. The largest absolute Gasteiger partial charge is 0.391 e. The van der Waals surface area contributed by atoms with Gasteiger partial charge in [-0.25, -0.2) is 8.78 Å². The number of amides is 1. The molecule has 1 rings (SSSR count). The van der Waals surface area contributed by atoms with E-state index in [0.29, 0.717) is 0 Å².